The highest BCUT2D eigenvalue weighted by molar-refractivity contribution is 5.72. The molecule has 1 aromatic heterocycles. The maximum Gasteiger partial charge on any atom is 0.310 e. The van der Waals surface area contributed by atoms with E-state index in [1.165, 1.54) is 42.3 Å². The number of carbonyl (C=O) groups is 1. The Morgan fingerprint density at radius 2 is 2.06 bits per heavy atom. The van der Waals surface area contributed by atoms with Crippen molar-refractivity contribution >= 4 is 5.97 Å². The van der Waals surface area contributed by atoms with E-state index in [2.05, 4.69) is 9.84 Å². The molecule has 0 aliphatic carbocycles. The lowest BCUT2D eigenvalue weighted by atomic mass is 10.2. The Labute approximate surface area is 102 Å². The van der Waals surface area contributed by atoms with E-state index in [0.29, 0.717) is 11.3 Å². The molecule has 18 heavy (non-hydrogen) atoms. The van der Waals surface area contributed by atoms with Crippen molar-refractivity contribution in [3.05, 3.63) is 52.2 Å². The molecule has 0 saturated carbocycles. The molecule has 0 atom stereocenters. The largest absolute Gasteiger partial charge is 0.469 e. The van der Waals surface area contributed by atoms with Crippen molar-refractivity contribution in [3.8, 4) is 5.69 Å². The molecule has 0 spiro atoms. The van der Waals surface area contributed by atoms with Crippen molar-refractivity contribution in [3.63, 3.8) is 0 Å². The lowest BCUT2D eigenvalue weighted by molar-refractivity contribution is -0.139. The Balaban J connectivity index is 2.34. The number of nitrogens with zero attached hydrogens (tertiary/aromatic N) is 1. The van der Waals surface area contributed by atoms with Crippen molar-refractivity contribution < 1.29 is 13.9 Å². The quantitative estimate of drug-likeness (QED) is 0.827. The van der Waals surface area contributed by atoms with Crippen molar-refractivity contribution in [1.29, 1.82) is 0 Å². The van der Waals surface area contributed by atoms with Gasteiger partial charge in [0.25, 0.3) is 5.56 Å². The summed E-state index contributed by atoms with van der Waals surface area (Å²) < 4.78 is 18.5. The molecule has 1 aromatic carbocycles. The third-order valence-electron chi connectivity index (χ3n) is 2.49. The predicted octanol–water partition coefficient (Wildman–Crippen LogP) is 1.02. The molecule has 5 nitrogen and oxygen atoms in total. The van der Waals surface area contributed by atoms with Crippen LogP contribution in [0, 0.1) is 5.82 Å². The summed E-state index contributed by atoms with van der Waals surface area (Å²) in [5.74, 6) is -0.870. The summed E-state index contributed by atoms with van der Waals surface area (Å²) in [5.41, 5.74) is 0.440. The number of nitrogens with one attached hydrogen (secondary N) is 1. The number of aromatic nitrogens is 2. The van der Waals surface area contributed by atoms with Gasteiger partial charge in [-0.1, -0.05) is 0 Å². The topological polar surface area (TPSA) is 64.1 Å². The minimum Gasteiger partial charge on any atom is -0.469 e. The molecule has 1 heterocycles. The number of carbonyl (C=O) groups excluding carboxylic acids is 1. The SMILES string of the molecule is COC(=O)Cc1c[nH]n(-c2ccc(F)cc2)c1=O. The number of esters is 1. The van der Waals surface area contributed by atoms with Gasteiger partial charge in [-0.15, -0.1) is 0 Å². The molecular formula is C12H11FN2O3. The van der Waals surface area contributed by atoms with Gasteiger partial charge in [-0.05, 0) is 24.3 Å². The van der Waals surface area contributed by atoms with E-state index >= 15 is 0 Å². The number of hydrogen-bond donors (Lipinski definition) is 1. The van der Waals surface area contributed by atoms with Gasteiger partial charge in [-0.25, -0.2) is 9.07 Å². The minimum absolute atomic E-state index is 0.0972. The molecule has 0 aliphatic heterocycles. The molecule has 2 aromatic rings. The highest BCUT2D eigenvalue weighted by Gasteiger charge is 2.11. The standard InChI is InChI=1S/C12H11FN2O3/c1-18-11(16)6-8-7-14-15(12(8)17)10-4-2-9(13)3-5-10/h2-5,7,14H,6H2,1H3. The van der Waals surface area contributed by atoms with Crippen LogP contribution in [0.1, 0.15) is 5.56 Å². The molecule has 6 heteroatoms. The second-order valence-electron chi connectivity index (χ2n) is 3.67. The number of H-pyrrole nitrogens is 1. The van der Waals surface area contributed by atoms with E-state index in [1.807, 2.05) is 0 Å². The van der Waals surface area contributed by atoms with Crippen molar-refractivity contribution in [2.75, 3.05) is 7.11 Å². The number of halogens is 1. The predicted molar refractivity (Wildman–Crippen MR) is 62.1 cm³/mol. The van der Waals surface area contributed by atoms with Crippen LogP contribution in [0.25, 0.3) is 5.69 Å². The fourth-order valence-electron chi connectivity index (χ4n) is 1.54. The Morgan fingerprint density at radius 3 is 2.67 bits per heavy atom. The lowest BCUT2D eigenvalue weighted by Crippen LogP contribution is -2.19. The smallest absolute Gasteiger partial charge is 0.310 e. The fourth-order valence-corrected chi connectivity index (χ4v) is 1.54. The number of methoxy groups -OCH3 is 1. The first kappa shape index (κ1) is 12.1. The first-order valence-electron chi connectivity index (χ1n) is 5.24. The molecule has 94 valence electrons. The van der Waals surface area contributed by atoms with Gasteiger partial charge in [0.15, 0.2) is 0 Å². The number of aromatic amines is 1. The van der Waals surface area contributed by atoms with Crippen LogP contribution in [-0.2, 0) is 16.0 Å². The highest BCUT2D eigenvalue weighted by atomic mass is 19.1. The number of ether oxygens (including phenoxy) is 1. The van der Waals surface area contributed by atoms with Gasteiger partial charge < -0.3 is 4.74 Å². The van der Waals surface area contributed by atoms with Gasteiger partial charge in [0.1, 0.15) is 5.82 Å². The molecular weight excluding hydrogens is 239 g/mol. The van der Waals surface area contributed by atoms with Gasteiger partial charge in [-0.2, -0.15) is 0 Å². The number of rotatable bonds is 3. The molecule has 0 aliphatic rings. The summed E-state index contributed by atoms with van der Waals surface area (Å²) in [4.78, 5) is 23.0. The number of benzene rings is 1. The summed E-state index contributed by atoms with van der Waals surface area (Å²) >= 11 is 0. The van der Waals surface area contributed by atoms with Crippen molar-refractivity contribution in [1.82, 2.24) is 9.78 Å². The van der Waals surface area contributed by atoms with E-state index in [9.17, 15) is 14.0 Å². The maximum absolute atomic E-state index is 12.8. The van der Waals surface area contributed by atoms with E-state index in [4.69, 9.17) is 0 Å². The third kappa shape index (κ3) is 2.32. The lowest BCUT2D eigenvalue weighted by Gasteiger charge is -2.00. The molecule has 0 fully saturated rings. The van der Waals surface area contributed by atoms with E-state index < -0.39 is 5.97 Å². The van der Waals surface area contributed by atoms with Crippen LogP contribution in [0.2, 0.25) is 0 Å². The van der Waals surface area contributed by atoms with Crippen molar-refractivity contribution in [2.45, 2.75) is 6.42 Å². The molecule has 0 amide bonds. The molecule has 1 N–H and O–H groups in total. The monoisotopic (exact) mass is 250 g/mol. The zero-order valence-corrected chi connectivity index (χ0v) is 9.64. The van der Waals surface area contributed by atoms with Gasteiger partial charge in [-0.3, -0.25) is 14.7 Å². The van der Waals surface area contributed by atoms with Crippen LogP contribution in [0.5, 0.6) is 0 Å². The first-order valence-corrected chi connectivity index (χ1v) is 5.24. The van der Waals surface area contributed by atoms with Crippen LogP contribution in [0.3, 0.4) is 0 Å². The second-order valence-corrected chi connectivity index (χ2v) is 3.67. The van der Waals surface area contributed by atoms with Gasteiger partial charge in [0.2, 0.25) is 0 Å². The minimum atomic E-state index is -0.489. The summed E-state index contributed by atoms with van der Waals surface area (Å²) in [6, 6.07) is 5.44. The van der Waals surface area contributed by atoms with E-state index in [0.717, 1.165) is 0 Å². The molecule has 0 bridgehead atoms. The van der Waals surface area contributed by atoms with Crippen LogP contribution in [0.4, 0.5) is 4.39 Å². The summed E-state index contributed by atoms with van der Waals surface area (Å²) in [6.07, 6.45) is 1.34. The molecule has 0 saturated heterocycles. The summed E-state index contributed by atoms with van der Waals surface area (Å²) in [7, 11) is 1.26. The van der Waals surface area contributed by atoms with Crippen LogP contribution < -0.4 is 5.56 Å². The van der Waals surface area contributed by atoms with Crippen LogP contribution >= 0.6 is 0 Å². The van der Waals surface area contributed by atoms with Crippen molar-refractivity contribution in [2.24, 2.45) is 0 Å². The Hall–Kier alpha value is -2.37. The molecule has 2 rings (SSSR count). The first-order chi connectivity index (χ1) is 8.61. The zero-order chi connectivity index (χ0) is 13.1. The van der Waals surface area contributed by atoms with Crippen LogP contribution in [-0.4, -0.2) is 22.9 Å². The van der Waals surface area contributed by atoms with E-state index in [1.54, 1.807) is 0 Å². The van der Waals surface area contributed by atoms with E-state index in [-0.39, 0.29) is 17.8 Å². The Kier molecular flexibility index (Phi) is 3.27. The summed E-state index contributed by atoms with van der Waals surface area (Å²) in [5, 5.41) is 2.71. The normalized spacial score (nSPS) is 10.3. The molecule has 0 radical (unpaired) electrons. The van der Waals surface area contributed by atoms with Gasteiger partial charge >= 0.3 is 5.97 Å². The van der Waals surface area contributed by atoms with Gasteiger partial charge in [0, 0.05) is 11.8 Å². The fraction of sp³-hybridized carbons (Fsp3) is 0.167. The third-order valence-corrected chi connectivity index (χ3v) is 2.49. The zero-order valence-electron chi connectivity index (χ0n) is 9.64. The molecule has 0 unspecified atom stereocenters. The average Bonchev–Trinajstić information content (AvgIpc) is 2.72. The highest BCUT2D eigenvalue weighted by Crippen LogP contribution is 2.06. The van der Waals surface area contributed by atoms with Gasteiger partial charge in [0.05, 0.1) is 19.2 Å². The Bertz CT molecular complexity index is 613. The number of hydrogen-bond acceptors (Lipinski definition) is 3. The maximum atomic E-state index is 12.8. The second kappa shape index (κ2) is 4.87. The summed E-state index contributed by atoms with van der Waals surface area (Å²) in [6.45, 7) is 0. The Morgan fingerprint density at radius 1 is 1.39 bits per heavy atom. The van der Waals surface area contributed by atoms with Crippen LogP contribution in [0.15, 0.2) is 35.3 Å². The average molecular weight is 250 g/mol.